The molecule has 0 aliphatic carbocycles. The molecular formula is C14H13ClFN3O. The van der Waals surface area contributed by atoms with Gasteiger partial charge in [-0.05, 0) is 37.3 Å². The highest BCUT2D eigenvalue weighted by Crippen LogP contribution is 2.23. The topological polar surface area (TPSA) is 54.0 Å². The maximum atomic E-state index is 12.9. The Morgan fingerprint density at radius 3 is 2.75 bits per heavy atom. The number of benzene rings is 1. The third kappa shape index (κ3) is 3.45. The summed E-state index contributed by atoms with van der Waals surface area (Å²) < 4.78 is 12.9. The van der Waals surface area contributed by atoms with Crippen LogP contribution in [0.1, 0.15) is 17.3 Å². The fourth-order valence-electron chi connectivity index (χ4n) is 1.60. The van der Waals surface area contributed by atoms with Crippen LogP contribution in [0.5, 0.6) is 0 Å². The first-order valence-electron chi connectivity index (χ1n) is 6.06. The summed E-state index contributed by atoms with van der Waals surface area (Å²) in [6.07, 6.45) is 1.46. The van der Waals surface area contributed by atoms with Crippen molar-refractivity contribution in [2.24, 2.45) is 0 Å². The molecule has 4 nitrogen and oxygen atoms in total. The van der Waals surface area contributed by atoms with Crippen molar-refractivity contribution in [1.82, 2.24) is 4.98 Å². The minimum atomic E-state index is -0.454. The molecule has 0 aliphatic rings. The third-order valence-electron chi connectivity index (χ3n) is 2.56. The van der Waals surface area contributed by atoms with Crippen molar-refractivity contribution in [3.05, 3.63) is 52.9 Å². The lowest BCUT2D eigenvalue weighted by atomic mass is 10.2. The van der Waals surface area contributed by atoms with E-state index in [0.717, 1.165) is 12.6 Å². The highest BCUT2D eigenvalue weighted by atomic mass is 35.5. The first kappa shape index (κ1) is 14.3. The number of aromatic nitrogens is 1. The second-order valence-electron chi connectivity index (χ2n) is 4.04. The second-order valence-corrected chi connectivity index (χ2v) is 4.45. The van der Waals surface area contributed by atoms with Crippen molar-refractivity contribution in [2.75, 3.05) is 17.2 Å². The van der Waals surface area contributed by atoms with Gasteiger partial charge in [-0.2, -0.15) is 0 Å². The fraction of sp³-hybridized carbons (Fsp3) is 0.143. The number of pyridine rings is 1. The molecule has 2 rings (SSSR count). The van der Waals surface area contributed by atoms with Crippen LogP contribution in [-0.4, -0.2) is 17.4 Å². The number of nitrogens with one attached hydrogen (secondary N) is 2. The standard InChI is InChI=1S/C14H13ClFN3O/c1-2-17-13-6-3-9(8-18-13)14(20)19-12-5-4-10(16)7-11(12)15/h3-8H,2H2,1H3,(H,17,18)(H,19,20). The summed E-state index contributed by atoms with van der Waals surface area (Å²) >= 11 is 5.85. The summed E-state index contributed by atoms with van der Waals surface area (Å²) in [5.41, 5.74) is 0.751. The molecule has 0 saturated carbocycles. The van der Waals surface area contributed by atoms with Gasteiger partial charge < -0.3 is 10.6 Å². The first-order valence-corrected chi connectivity index (χ1v) is 6.44. The van der Waals surface area contributed by atoms with Crippen molar-refractivity contribution in [3.63, 3.8) is 0 Å². The van der Waals surface area contributed by atoms with Crippen LogP contribution in [-0.2, 0) is 0 Å². The monoisotopic (exact) mass is 293 g/mol. The normalized spacial score (nSPS) is 10.2. The molecule has 0 fully saturated rings. The van der Waals surface area contributed by atoms with Gasteiger partial charge in [0.15, 0.2) is 0 Å². The number of hydrogen-bond acceptors (Lipinski definition) is 3. The lowest BCUT2D eigenvalue weighted by Gasteiger charge is -2.08. The number of hydrogen-bond donors (Lipinski definition) is 2. The Labute approximate surface area is 121 Å². The Morgan fingerprint density at radius 1 is 1.35 bits per heavy atom. The average Bonchev–Trinajstić information content (AvgIpc) is 2.43. The Balaban J connectivity index is 2.11. The van der Waals surface area contributed by atoms with Gasteiger partial charge >= 0.3 is 0 Å². The van der Waals surface area contributed by atoms with Crippen molar-refractivity contribution >= 4 is 29.0 Å². The van der Waals surface area contributed by atoms with E-state index in [2.05, 4.69) is 15.6 Å². The highest BCUT2D eigenvalue weighted by Gasteiger charge is 2.09. The zero-order valence-corrected chi connectivity index (χ0v) is 11.5. The number of amides is 1. The van der Waals surface area contributed by atoms with Crippen LogP contribution < -0.4 is 10.6 Å². The molecule has 0 saturated heterocycles. The summed E-state index contributed by atoms with van der Waals surface area (Å²) in [5, 5.41) is 5.79. The summed E-state index contributed by atoms with van der Waals surface area (Å²) in [5.74, 6) is -0.109. The number of carbonyl (C=O) groups excluding carboxylic acids is 1. The molecule has 20 heavy (non-hydrogen) atoms. The maximum Gasteiger partial charge on any atom is 0.257 e. The largest absolute Gasteiger partial charge is 0.370 e. The van der Waals surface area contributed by atoms with Crippen molar-refractivity contribution in [2.45, 2.75) is 6.92 Å². The Bertz CT molecular complexity index is 616. The number of halogens is 2. The number of rotatable bonds is 4. The molecule has 0 atom stereocenters. The highest BCUT2D eigenvalue weighted by molar-refractivity contribution is 6.33. The zero-order chi connectivity index (χ0) is 14.5. The van der Waals surface area contributed by atoms with E-state index < -0.39 is 5.82 Å². The lowest BCUT2D eigenvalue weighted by Crippen LogP contribution is -2.13. The molecule has 1 amide bonds. The van der Waals surface area contributed by atoms with Crippen LogP contribution in [0.4, 0.5) is 15.9 Å². The zero-order valence-electron chi connectivity index (χ0n) is 10.8. The summed E-state index contributed by atoms with van der Waals surface area (Å²) in [7, 11) is 0. The van der Waals surface area contributed by atoms with Crippen molar-refractivity contribution < 1.29 is 9.18 Å². The predicted octanol–water partition coefficient (Wildman–Crippen LogP) is 3.56. The Hall–Kier alpha value is -2.14. The number of nitrogens with zero attached hydrogens (tertiary/aromatic N) is 1. The molecule has 1 aromatic heterocycles. The molecule has 0 bridgehead atoms. The van der Waals surface area contributed by atoms with E-state index in [0.29, 0.717) is 17.1 Å². The van der Waals surface area contributed by atoms with Crippen LogP contribution >= 0.6 is 11.6 Å². The molecular weight excluding hydrogens is 281 g/mol. The number of carbonyl (C=O) groups is 1. The van der Waals surface area contributed by atoms with Crippen LogP contribution in [0.2, 0.25) is 5.02 Å². The van der Waals surface area contributed by atoms with E-state index in [4.69, 9.17) is 11.6 Å². The lowest BCUT2D eigenvalue weighted by molar-refractivity contribution is 0.102. The molecule has 0 spiro atoms. The van der Waals surface area contributed by atoms with Gasteiger partial charge in [0, 0.05) is 12.7 Å². The van der Waals surface area contributed by atoms with Crippen LogP contribution in [0.25, 0.3) is 0 Å². The summed E-state index contributed by atoms with van der Waals surface area (Å²) in [6.45, 7) is 2.71. The molecule has 2 aromatic rings. The van der Waals surface area contributed by atoms with Crippen LogP contribution in [0.15, 0.2) is 36.5 Å². The van der Waals surface area contributed by atoms with Gasteiger partial charge in [0.1, 0.15) is 11.6 Å². The predicted molar refractivity (Wildman–Crippen MR) is 77.8 cm³/mol. The summed E-state index contributed by atoms with van der Waals surface area (Å²) in [6, 6.07) is 7.15. The van der Waals surface area contributed by atoms with Crippen molar-refractivity contribution in [3.8, 4) is 0 Å². The van der Waals surface area contributed by atoms with Gasteiger partial charge in [0.25, 0.3) is 5.91 Å². The van der Waals surface area contributed by atoms with Crippen LogP contribution in [0, 0.1) is 5.82 Å². The average molecular weight is 294 g/mol. The van der Waals surface area contributed by atoms with E-state index in [-0.39, 0.29) is 10.9 Å². The first-order chi connectivity index (χ1) is 9.60. The number of anilines is 2. The van der Waals surface area contributed by atoms with Gasteiger partial charge in [-0.15, -0.1) is 0 Å². The fourth-order valence-corrected chi connectivity index (χ4v) is 1.81. The Morgan fingerprint density at radius 2 is 2.15 bits per heavy atom. The van der Waals surface area contributed by atoms with Gasteiger partial charge in [-0.3, -0.25) is 4.79 Å². The third-order valence-corrected chi connectivity index (χ3v) is 2.88. The maximum absolute atomic E-state index is 12.9. The second kappa shape index (κ2) is 6.34. The van der Waals surface area contributed by atoms with E-state index in [9.17, 15) is 9.18 Å². The van der Waals surface area contributed by atoms with Crippen molar-refractivity contribution in [1.29, 1.82) is 0 Å². The van der Waals surface area contributed by atoms with Gasteiger partial charge in [-0.25, -0.2) is 9.37 Å². The molecule has 0 unspecified atom stereocenters. The van der Waals surface area contributed by atoms with Gasteiger partial charge in [0.2, 0.25) is 0 Å². The van der Waals surface area contributed by atoms with E-state index in [1.165, 1.54) is 18.3 Å². The Kier molecular flexibility index (Phi) is 4.53. The summed E-state index contributed by atoms with van der Waals surface area (Å²) in [4.78, 5) is 16.1. The minimum Gasteiger partial charge on any atom is -0.370 e. The molecule has 104 valence electrons. The molecule has 6 heteroatoms. The SMILES string of the molecule is CCNc1ccc(C(=O)Nc2ccc(F)cc2Cl)cn1. The van der Waals surface area contributed by atoms with E-state index >= 15 is 0 Å². The minimum absolute atomic E-state index is 0.149. The van der Waals surface area contributed by atoms with Gasteiger partial charge in [-0.1, -0.05) is 11.6 Å². The molecule has 1 aromatic carbocycles. The van der Waals surface area contributed by atoms with Gasteiger partial charge in [0.05, 0.1) is 16.3 Å². The molecule has 0 radical (unpaired) electrons. The molecule has 2 N–H and O–H groups in total. The smallest absolute Gasteiger partial charge is 0.257 e. The molecule has 0 aliphatic heterocycles. The quantitative estimate of drug-likeness (QED) is 0.906. The van der Waals surface area contributed by atoms with Crippen LogP contribution in [0.3, 0.4) is 0 Å². The van der Waals surface area contributed by atoms with E-state index in [1.54, 1.807) is 12.1 Å². The molecule has 1 heterocycles. The van der Waals surface area contributed by atoms with E-state index in [1.807, 2.05) is 6.92 Å².